The molecule has 0 unspecified atom stereocenters. The van der Waals surface area contributed by atoms with Crippen LogP contribution in [0.4, 0.5) is 0 Å². The molecule has 0 heterocycles. The minimum absolute atomic E-state index is 0.299. The van der Waals surface area contributed by atoms with E-state index in [1.165, 1.54) is 6.92 Å². The molecule has 110 valence electrons. The van der Waals surface area contributed by atoms with Crippen LogP contribution in [0, 0.1) is 6.92 Å². The maximum atomic E-state index is 11.6. The van der Waals surface area contributed by atoms with Crippen molar-refractivity contribution < 1.29 is 19.1 Å². The molecule has 1 aromatic carbocycles. The van der Waals surface area contributed by atoms with Gasteiger partial charge in [-0.15, -0.1) is 0 Å². The van der Waals surface area contributed by atoms with Gasteiger partial charge in [-0.1, -0.05) is 17.7 Å². The summed E-state index contributed by atoms with van der Waals surface area (Å²) in [5.74, 6) is -0.551. The third-order valence-corrected chi connectivity index (χ3v) is 2.77. The van der Waals surface area contributed by atoms with Crippen molar-refractivity contribution in [3.05, 3.63) is 28.8 Å². The van der Waals surface area contributed by atoms with Crippen molar-refractivity contribution in [1.82, 2.24) is 5.32 Å². The quantitative estimate of drug-likeness (QED) is 0.817. The number of hydrogen-bond donors (Lipinski definition) is 1. The molecule has 0 saturated heterocycles. The highest BCUT2D eigenvalue weighted by molar-refractivity contribution is 6.32. The number of likely N-dealkylation sites (N-methyl/N-ethyl adjacent to an activating group) is 1. The molecule has 0 spiro atoms. The Morgan fingerprint density at radius 2 is 2.10 bits per heavy atom. The second kappa shape index (κ2) is 7.75. The molecule has 0 aromatic heterocycles. The van der Waals surface area contributed by atoms with Crippen molar-refractivity contribution >= 4 is 23.5 Å². The molecule has 0 fully saturated rings. The summed E-state index contributed by atoms with van der Waals surface area (Å²) in [4.78, 5) is 23.0. The van der Waals surface area contributed by atoms with Gasteiger partial charge in [0.15, 0.2) is 12.7 Å². The van der Waals surface area contributed by atoms with Gasteiger partial charge in [0.25, 0.3) is 5.91 Å². The molecule has 6 heteroatoms. The Labute approximate surface area is 123 Å². The summed E-state index contributed by atoms with van der Waals surface area (Å²) in [6.07, 6.45) is -0.848. The first-order valence-electron chi connectivity index (χ1n) is 6.30. The van der Waals surface area contributed by atoms with E-state index in [0.29, 0.717) is 17.3 Å². The van der Waals surface area contributed by atoms with Crippen LogP contribution in [0.25, 0.3) is 0 Å². The van der Waals surface area contributed by atoms with Crippen LogP contribution in [0.2, 0.25) is 5.02 Å². The van der Waals surface area contributed by atoms with Crippen LogP contribution in [-0.2, 0) is 14.3 Å². The molecular weight excluding hydrogens is 282 g/mol. The Balaban J connectivity index is 2.47. The fourth-order valence-corrected chi connectivity index (χ4v) is 1.63. The second-order valence-corrected chi connectivity index (χ2v) is 4.66. The van der Waals surface area contributed by atoms with Crippen LogP contribution in [0.1, 0.15) is 19.4 Å². The van der Waals surface area contributed by atoms with Crippen molar-refractivity contribution in [2.75, 3.05) is 13.2 Å². The van der Waals surface area contributed by atoms with Crippen LogP contribution in [-0.4, -0.2) is 31.1 Å². The average Bonchev–Trinajstić information content (AvgIpc) is 2.40. The van der Waals surface area contributed by atoms with E-state index in [4.69, 9.17) is 21.1 Å². The molecule has 1 rings (SSSR count). The summed E-state index contributed by atoms with van der Waals surface area (Å²) in [5.41, 5.74) is 0.966. The highest BCUT2D eigenvalue weighted by Gasteiger charge is 2.17. The van der Waals surface area contributed by atoms with Gasteiger partial charge in [0.2, 0.25) is 0 Å². The van der Waals surface area contributed by atoms with Crippen molar-refractivity contribution in [3.8, 4) is 5.75 Å². The lowest BCUT2D eigenvalue weighted by atomic mass is 10.2. The fraction of sp³-hybridized carbons (Fsp3) is 0.429. The SMILES string of the molecule is CCNC(=O)[C@H](C)OC(=O)COc1cc(C)ccc1Cl. The zero-order valence-electron chi connectivity index (χ0n) is 11.7. The summed E-state index contributed by atoms with van der Waals surface area (Å²) in [6.45, 7) is 5.36. The minimum atomic E-state index is -0.848. The molecular formula is C14H18ClNO4. The highest BCUT2D eigenvalue weighted by Crippen LogP contribution is 2.25. The third-order valence-electron chi connectivity index (χ3n) is 2.46. The highest BCUT2D eigenvalue weighted by atomic mass is 35.5. The fourth-order valence-electron chi connectivity index (χ4n) is 1.46. The molecule has 0 saturated carbocycles. The van der Waals surface area contributed by atoms with Crippen LogP contribution in [0.3, 0.4) is 0 Å². The predicted molar refractivity (Wildman–Crippen MR) is 75.9 cm³/mol. The lowest BCUT2D eigenvalue weighted by Crippen LogP contribution is -2.36. The lowest BCUT2D eigenvalue weighted by molar-refractivity contribution is -0.156. The van der Waals surface area contributed by atoms with Gasteiger partial charge in [-0.2, -0.15) is 0 Å². The number of nitrogens with one attached hydrogen (secondary N) is 1. The molecule has 0 aliphatic rings. The summed E-state index contributed by atoms with van der Waals surface area (Å²) in [7, 11) is 0. The Bertz CT molecular complexity index is 490. The summed E-state index contributed by atoms with van der Waals surface area (Å²) in [6, 6.07) is 5.25. The van der Waals surface area contributed by atoms with E-state index < -0.39 is 12.1 Å². The zero-order chi connectivity index (χ0) is 15.1. The topological polar surface area (TPSA) is 64.6 Å². The Morgan fingerprint density at radius 3 is 2.75 bits per heavy atom. The molecule has 1 aromatic rings. The predicted octanol–water partition coefficient (Wildman–Crippen LogP) is 2.10. The van der Waals surface area contributed by atoms with E-state index in [1.807, 2.05) is 13.0 Å². The van der Waals surface area contributed by atoms with Gasteiger partial charge < -0.3 is 14.8 Å². The first-order valence-corrected chi connectivity index (χ1v) is 6.68. The van der Waals surface area contributed by atoms with E-state index in [2.05, 4.69) is 5.32 Å². The van der Waals surface area contributed by atoms with Gasteiger partial charge in [0.05, 0.1) is 5.02 Å². The monoisotopic (exact) mass is 299 g/mol. The van der Waals surface area contributed by atoms with Crippen molar-refractivity contribution in [3.63, 3.8) is 0 Å². The maximum Gasteiger partial charge on any atom is 0.344 e. The van der Waals surface area contributed by atoms with Crippen LogP contribution < -0.4 is 10.1 Å². The Hall–Kier alpha value is -1.75. The second-order valence-electron chi connectivity index (χ2n) is 4.25. The normalized spacial score (nSPS) is 11.6. The molecule has 0 aliphatic carbocycles. The van der Waals surface area contributed by atoms with Gasteiger partial charge >= 0.3 is 5.97 Å². The van der Waals surface area contributed by atoms with Crippen molar-refractivity contribution in [2.45, 2.75) is 26.9 Å². The number of hydrogen-bond acceptors (Lipinski definition) is 4. The van der Waals surface area contributed by atoms with Crippen LogP contribution in [0.5, 0.6) is 5.75 Å². The molecule has 0 radical (unpaired) electrons. The van der Waals surface area contributed by atoms with Gasteiger partial charge in [0.1, 0.15) is 5.75 Å². The van der Waals surface area contributed by atoms with Crippen LogP contribution >= 0.6 is 11.6 Å². The lowest BCUT2D eigenvalue weighted by Gasteiger charge is -2.13. The van der Waals surface area contributed by atoms with Crippen LogP contribution in [0.15, 0.2) is 18.2 Å². The summed E-state index contributed by atoms with van der Waals surface area (Å²) < 4.78 is 10.2. The number of rotatable bonds is 6. The number of carbonyl (C=O) groups excluding carboxylic acids is 2. The maximum absolute atomic E-state index is 11.6. The van der Waals surface area contributed by atoms with Crippen molar-refractivity contribution in [2.24, 2.45) is 0 Å². The molecule has 5 nitrogen and oxygen atoms in total. The van der Waals surface area contributed by atoms with E-state index in [9.17, 15) is 9.59 Å². The van der Waals surface area contributed by atoms with Gasteiger partial charge in [0, 0.05) is 6.54 Å². The zero-order valence-corrected chi connectivity index (χ0v) is 12.5. The van der Waals surface area contributed by atoms with Gasteiger partial charge in [-0.3, -0.25) is 4.79 Å². The van der Waals surface area contributed by atoms with E-state index in [1.54, 1.807) is 19.1 Å². The number of carbonyl (C=O) groups is 2. The molecule has 0 aliphatic heterocycles. The molecule has 0 bridgehead atoms. The van der Waals surface area contributed by atoms with E-state index in [-0.39, 0.29) is 12.5 Å². The molecule has 20 heavy (non-hydrogen) atoms. The third kappa shape index (κ3) is 5.09. The Morgan fingerprint density at radius 1 is 1.40 bits per heavy atom. The molecule has 1 N–H and O–H groups in total. The van der Waals surface area contributed by atoms with Crippen molar-refractivity contribution in [1.29, 1.82) is 0 Å². The number of aryl methyl sites for hydroxylation is 1. The average molecular weight is 300 g/mol. The summed E-state index contributed by atoms with van der Waals surface area (Å²) in [5, 5.41) is 2.98. The number of benzene rings is 1. The Kier molecular flexibility index (Phi) is 6.31. The van der Waals surface area contributed by atoms with E-state index >= 15 is 0 Å². The molecule has 1 atom stereocenters. The smallest absolute Gasteiger partial charge is 0.344 e. The number of ether oxygens (including phenoxy) is 2. The van der Waals surface area contributed by atoms with Gasteiger partial charge in [-0.05, 0) is 38.5 Å². The summed E-state index contributed by atoms with van der Waals surface area (Å²) >= 11 is 5.94. The largest absolute Gasteiger partial charge is 0.480 e. The number of esters is 1. The van der Waals surface area contributed by atoms with E-state index in [0.717, 1.165) is 5.56 Å². The first kappa shape index (κ1) is 16.3. The first-order chi connectivity index (χ1) is 9.43. The standard InChI is InChI=1S/C14H18ClNO4/c1-4-16-14(18)10(3)20-13(17)8-19-12-7-9(2)5-6-11(12)15/h5-7,10H,4,8H2,1-3H3,(H,16,18)/t10-/m0/s1. The minimum Gasteiger partial charge on any atom is -0.480 e. The number of halogens is 1. The number of amides is 1. The molecule has 1 amide bonds. The van der Waals surface area contributed by atoms with Gasteiger partial charge in [-0.25, -0.2) is 4.79 Å².